The van der Waals surface area contributed by atoms with E-state index in [1.54, 1.807) is 30.1 Å². The first-order valence-corrected chi connectivity index (χ1v) is 8.89. The highest BCUT2D eigenvalue weighted by Crippen LogP contribution is 2.24. The molecule has 0 spiro atoms. The second kappa shape index (κ2) is 7.37. The normalized spacial score (nSPS) is 16.7. The smallest absolute Gasteiger partial charge is 0.255 e. The number of carbonyl (C=O) groups excluding carboxylic acids is 1. The lowest BCUT2D eigenvalue weighted by atomic mass is 10.2. The predicted molar refractivity (Wildman–Crippen MR) is 92.1 cm³/mol. The van der Waals surface area contributed by atoms with Gasteiger partial charge in [-0.15, -0.1) is 11.8 Å². The van der Waals surface area contributed by atoms with Gasteiger partial charge < -0.3 is 9.64 Å². The lowest BCUT2D eigenvalue weighted by Gasteiger charge is -2.18. The number of benzene rings is 1. The topological polar surface area (TPSA) is 66.2 Å². The molecule has 1 amide bonds. The van der Waals surface area contributed by atoms with E-state index in [0.29, 0.717) is 24.5 Å². The van der Waals surface area contributed by atoms with Gasteiger partial charge in [0.15, 0.2) is 0 Å². The first-order chi connectivity index (χ1) is 11.7. The van der Waals surface area contributed by atoms with Crippen molar-refractivity contribution in [2.45, 2.75) is 17.4 Å². The van der Waals surface area contributed by atoms with Gasteiger partial charge in [-0.05, 0) is 24.5 Å². The Hall–Kier alpha value is -2.52. The number of likely N-dealkylation sites (tertiary alicyclic amines) is 1. The summed E-state index contributed by atoms with van der Waals surface area (Å²) in [5.74, 6) is 0.461. The molecule has 1 fully saturated rings. The molecule has 3 rings (SSSR count). The van der Waals surface area contributed by atoms with Crippen LogP contribution in [0.2, 0.25) is 0 Å². The van der Waals surface area contributed by atoms with E-state index >= 15 is 0 Å². The molecule has 6 heteroatoms. The zero-order valence-electron chi connectivity index (χ0n) is 13.3. The summed E-state index contributed by atoms with van der Waals surface area (Å²) in [5.41, 5.74) is 1.25. The number of hydrogen-bond acceptors (Lipinski definition) is 5. The molecule has 1 aliphatic heterocycles. The molecule has 1 atom stereocenters. The Bertz CT molecular complexity index is 788. The van der Waals surface area contributed by atoms with Crippen LogP contribution in [-0.2, 0) is 0 Å². The molecular weight excluding hydrogens is 322 g/mol. The lowest BCUT2D eigenvalue weighted by Crippen LogP contribution is -2.31. The van der Waals surface area contributed by atoms with Crippen molar-refractivity contribution in [1.29, 1.82) is 5.26 Å². The van der Waals surface area contributed by atoms with Crippen molar-refractivity contribution in [3.05, 3.63) is 53.7 Å². The van der Waals surface area contributed by atoms with Crippen LogP contribution in [0.15, 0.2) is 47.5 Å². The molecule has 122 valence electrons. The zero-order chi connectivity index (χ0) is 16.9. The molecule has 1 aliphatic rings. The van der Waals surface area contributed by atoms with Gasteiger partial charge in [0.2, 0.25) is 5.88 Å². The summed E-state index contributed by atoms with van der Waals surface area (Å²) in [6.07, 6.45) is 4.18. The highest BCUT2D eigenvalue weighted by Gasteiger charge is 2.29. The molecular formula is C18H17N3O2S. The van der Waals surface area contributed by atoms with Crippen molar-refractivity contribution in [3.8, 4) is 11.9 Å². The van der Waals surface area contributed by atoms with Crippen LogP contribution in [0.25, 0.3) is 0 Å². The maximum absolute atomic E-state index is 12.7. The van der Waals surface area contributed by atoms with E-state index in [1.807, 2.05) is 35.4 Å². The Morgan fingerprint density at radius 2 is 2.25 bits per heavy atom. The minimum Gasteiger partial charge on any atom is -0.472 e. The van der Waals surface area contributed by atoms with Crippen molar-refractivity contribution in [2.75, 3.05) is 19.3 Å². The van der Waals surface area contributed by atoms with Gasteiger partial charge in [-0.1, -0.05) is 12.1 Å². The maximum atomic E-state index is 12.7. The molecule has 0 radical (unpaired) electrons. The molecule has 0 aliphatic carbocycles. The summed E-state index contributed by atoms with van der Waals surface area (Å²) in [6, 6.07) is 13.0. The standard InChI is InChI=1S/C18H17N3O2S/c1-24-16-5-3-2-4-15(16)18(22)21-9-7-14(12-21)23-17-10-13(11-19)6-8-20-17/h2-6,8,10,14H,7,9,12H2,1H3. The molecule has 2 aromatic rings. The SMILES string of the molecule is CSc1ccccc1C(=O)N1CCC(Oc2cc(C#N)ccn2)C1. The Balaban J connectivity index is 1.67. The van der Waals surface area contributed by atoms with Crippen molar-refractivity contribution >= 4 is 17.7 Å². The monoisotopic (exact) mass is 339 g/mol. The molecule has 1 aromatic carbocycles. The van der Waals surface area contributed by atoms with Gasteiger partial charge in [0.25, 0.3) is 5.91 Å². The summed E-state index contributed by atoms with van der Waals surface area (Å²) in [7, 11) is 0. The average molecular weight is 339 g/mol. The van der Waals surface area contributed by atoms with Crippen LogP contribution < -0.4 is 4.74 Å². The van der Waals surface area contributed by atoms with Gasteiger partial charge in [-0.3, -0.25) is 4.79 Å². The number of pyridine rings is 1. The quantitative estimate of drug-likeness (QED) is 0.801. The van der Waals surface area contributed by atoms with Crippen LogP contribution in [0.1, 0.15) is 22.3 Å². The van der Waals surface area contributed by atoms with Crippen LogP contribution in [0.4, 0.5) is 0 Å². The van der Waals surface area contributed by atoms with Crippen molar-refractivity contribution in [3.63, 3.8) is 0 Å². The Morgan fingerprint density at radius 1 is 1.42 bits per heavy atom. The largest absolute Gasteiger partial charge is 0.472 e. The Kier molecular flexibility index (Phi) is 5.02. The van der Waals surface area contributed by atoms with Gasteiger partial charge in [-0.25, -0.2) is 4.98 Å². The number of carbonyl (C=O) groups is 1. The number of nitrogens with zero attached hydrogens (tertiary/aromatic N) is 3. The summed E-state index contributed by atoms with van der Waals surface area (Å²) in [4.78, 5) is 19.6. The summed E-state index contributed by atoms with van der Waals surface area (Å²) in [5, 5.41) is 8.92. The van der Waals surface area contributed by atoms with E-state index in [9.17, 15) is 4.79 Å². The van der Waals surface area contributed by atoms with Crippen LogP contribution >= 0.6 is 11.8 Å². The lowest BCUT2D eigenvalue weighted by molar-refractivity contribution is 0.0768. The van der Waals surface area contributed by atoms with E-state index in [-0.39, 0.29) is 12.0 Å². The molecule has 0 saturated carbocycles. The van der Waals surface area contributed by atoms with E-state index in [4.69, 9.17) is 10.00 Å². The number of rotatable bonds is 4. The highest BCUT2D eigenvalue weighted by molar-refractivity contribution is 7.98. The van der Waals surface area contributed by atoms with Crippen molar-refractivity contribution in [1.82, 2.24) is 9.88 Å². The van der Waals surface area contributed by atoms with Crippen LogP contribution in [0.3, 0.4) is 0 Å². The molecule has 0 bridgehead atoms. The number of ether oxygens (including phenoxy) is 1. The first kappa shape index (κ1) is 16.3. The fourth-order valence-corrected chi connectivity index (χ4v) is 3.30. The fourth-order valence-electron chi connectivity index (χ4n) is 2.71. The minimum atomic E-state index is -0.100. The molecule has 1 saturated heterocycles. The van der Waals surface area contributed by atoms with E-state index in [1.165, 1.54) is 0 Å². The fraction of sp³-hybridized carbons (Fsp3) is 0.278. The molecule has 1 unspecified atom stereocenters. The molecule has 2 heterocycles. The first-order valence-electron chi connectivity index (χ1n) is 7.66. The van der Waals surface area contributed by atoms with Gasteiger partial charge in [-0.2, -0.15) is 5.26 Å². The third-order valence-corrected chi connectivity index (χ3v) is 4.72. The molecule has 1 aromatic heterocycles. The molecule has 24 heavy (non-hydrogen) atoms. The number of thioether (sulfide) groups is 1. The van der Waals surface area contributed by atoms with Gasteiger partial charge in [0.1, 0.15) is 6.10 Å². The van der Waals surface area contributed by atoms with Gasteiger partial charge in [0, 0.05) is 30.1 Å². The maximum Gasteiger partial charge on any atom is 0.255 e. The summed E-state index contributed by atoms with van der Waals surface area (Å²) < 4.78 is 5.83. The average Bonchev–Trinajstić information content (AvgIpc) is 3.09. The summed E-state index contributed by atoms with van der Waals surface area (Å²) in [6.45, 7) is 1.18. The molecule has 0 N–H and O–H groups in total. The minimum absolute atomic E-state index is 0.0322. The van der Waals surface area contributed by atoms with Crippen molar-refractivity contribution in [2.24, 2.45) is 0 Å². The van der Waals surface area contributed by atoms with Gasteiger partial charge in [0.05, 0.1) is 23.7 Å². The van der Waals surface area contributed by atoms with Crippen LogP contribution in [0.5, 0.6) is 5.88 Å². The zero-order valence-corrected chi connectivity index (χ0v) is 14.1. The Labute approximate surface area is 145 Å². The Morgan fingerprint density at radius 3 is 3.04 bits per heavy atom. The number of nitriles is 1. The third kappa shape index (κ3) is 3.52. The third-order valence-electron chi connectivity index (χ3n) is 3.92. The molecule has 5 nitrogen and oxygen atoms in total. The second-order valence-electron chi connectivity index (χ2n) is 5.47. The van der Waals surface area contributed by atoms with Crippen LogP contribution in [-0.4, -0.2) is 41.2 Å². The van der Waals surface area contributed by atoms with E-state index in [2.05, 4.69) is 11.1 Å². The van der Waals surface area contributed by atoms with Gasteiger partial charge >= 0.3 is 0 Å². The highest BCUT2D eigenvalue weighted by atomic mass is 32.2. The number of hydrogen-bond donors (Lipinski definition) is 0. The summed E-state index contributed by atoms with van der Waals surface area (Å²) >= 11 is 1.57. The van der Waals surface area contributed by atoms with Crippen LogP contribution in [0, 0.1) is 11.3 Å². The second-order valence-corrected chi connectivity index (χ2v) is 6.32. The van der Waals surface area contributed by atoms with E-state index in [0.717, 1.165) is 16.9 Å². The number of amides is 1. The predicted octanol–water partition coefficient (Wildman–Crippen LogP) is 2.97. The van der Waals surface area contributed by atoms with E-state index < -0.39 is 0 Å². The number of aromatic nitrogens is 1. The van der Waals surface area contributed by atoms with Crippen molar-refractivity contribution < 1.29 is 9.53 Å².